The van der Waals surface area contributed by atoms with E-state index in [1.807, 2.05) is 48.5 Å². The van der Waals surface area contributed by atoms with Gasteiger partial charge in [-0.25, -0.2) is 9.59 Å². The quantitative estimate of drug-likeness (QED) is 0.112. The van der Waals surface area contributed by atoms with Crippen molar-refractivity contribution in [3.05, 3.63) is 83.2 Å². The van der Waals surface area contributed by atoms with E-state index in [0.717, 1.165) is 32.9 Å². The van der Waals surface area contributed by atoms with E-state index >= 15 is 0 Å². The zero-order valence-electron chi connectivity index (χ0n) is 28.3. The summed E-state index contributed by atoms with van der Waals surface area (Å²) < 4.78 is 0. The molecule has 0 aliphatic heterocycles. The van der Waals surface area contributed by atoms with E-state index in [1.165, 1.54) is 0 Å². The molecular formula is C36H46N6O6. The van der Waals surface area contributed by atoms with Crippen LogP contribution < -0.4 is 10.6 Å². The van der Waals surface area contributed by atoms with Crippen LogP contribution in [-0.2, 0) is 22.4 Å². The first-order valence-electron chi connectivity index (χ1n) is 15.4. The molecule has 0 saturated heterocycles. The van der Waals surface area contributed by atoms with E-state index in [2.05, 4.69) is 74.3 Å². The molecule has 0 saturated carbocycles. The Kier molecular flexibility index (Phi) is 14.5. The highest BCUT2D eigenvalue weighted by molar-refractivity contribution is 5.89. The number of carbonyl (C=O) groups is 2. The minimum atomic E-state index is -1.26. The van der Waals surface area contributed by atoms with Crippen molar-refractivity contribution < 1.29 is 30.0 Å². The van der Waals surface area contributed by atoms with Gasteiger partial charge in [-0.2, -0.15) is 10.5 Å². The number of aliphatic carboxylic acids is 2. The predicted molar refractivity (Wildman–Crippen MR) is 185 cm³/mol. The molecule has 0 amide bonds. The van der Waals surface area contributed by atoms with Crippen molar-refractivity contribution in [2.24, 2.45) is 0 Å². The lowest BCUT2D eigenvalue weighted by molar-refractivity contribution is -0.134. The second kappa shape index (κ2) is 17.8. The van der Waals surface area contributed by atoms with Crippen molar-refractivity contribution >= 4 is 33.7 Å². The molecular weight excluding hydrogens is 612 g/mol. The van der Waals surface area contributed by atoms with Crippen molar-refractivity contribution in [2.75, 3.05) is 13.1 Å². The van der Waals surface area contributed by atoms with Crippen molar-refractivity contribution in [1.82, 2.24) is 20.6 Å². The second-order valence-corrected chi connectivity index (χ2v) is 13.3. The Labute approximate surface area is 280 Å². The molecule has 0 aliphatic rings. The maximum atomic E-state index is 10.2. The molecule has 2 aromatic carbocycles. The van der Waals surface area contributed by atoms with Crippen molar-refractivity contribution in [1.29, 1.82) is 10.5 Å². The maximum Gasteiger partial charge on any atom is 0.328 e. The summed E-state index contributed by atoms with van der Waals surface area (Å²) in [4.78, 5) is 25.2. The third kappa shape index (κ3) is 14.2. The van der Waals surface area contributed by atoms with E-state index in [-0.39, 0.29) is 11.1 Å². The molecule has 0 spiro atoms. The number of β-amino-alcohol motifs (C(OH)–C–C–N with tert-alkyl or cyclic N) is 2. The lowest BCUT2D eigenvalue weighted by Gasteiger charge is -2.23. The van der Waals surface area contributed by atoms with Gasteiger partial charge in [-0.1, -0.05) is 24.3 Å². The fourth-order valence-corrected chi connectivity index (χ4v) is 4.56. The van der Waals surface area contributed by atoms with E-state index in [1.54, 1.807) is 0 Å². The van der Waals surface area contributed by atoms with Crippen LogP contribution >= 0.6 is 0 Å². The number of hydrogen-bond acceptors (Lipinski definition) is 8. The number of aromatic amines is 2. The van der Waals surface area contributed by atoms with Crippen LogP contribution in [0, 0.1) is 22.7 Å². The largest absolute Gasteiger partial charge is 0.478 e. The van der Waals surface area contributed by atoms with Gasteiger partial charge in [-0.15, -0.1) is 0 Å². The van der Waals surface area contributed by atoms with Gasteiger partial charge in [0.2, 0.25) is 0 Å². The Balaban J connectivity index is 0.000000274. The number of nitrogens with zero attached hydrogens (tertiary/aromatic N) is 2. The van der Waals surface area contributed by atoms with Crippen LogP contribution in [0.5, 0.6) is 0 Å². The van der Waals surface area contributed by atoms with Crippen LogP contribution in [0.3, 0.4) is 0 Å². The lowest BCUT2D eigenvalue weighted by Crippen LogP contribution is -2.41. The summed E-state index contributed by atoms with van der Waals surface area (Å²) in [6.45, 7) is 13.6. The van der Waals surface area contributed by atoms with Gasteiger partial charge < -0.3 is 41.0 Å². The van der Waals surface area contributed by atoms with Crippen LogP contribution in [0.15, 0.2) is 60.7 Å². The Hall–Kier alpha value is -4.98. The van der Waals surface area contributed by atoms with Crippen molar-refractivity contribution in [3.63, 3.8) is 0 Å². The third-order valence-electron chi connectivity index (χ3n) is 6.77. The molecule has 0 radical (unpaired) electrons. The van der Waals surface area contributed by atoms with Crippen LogP contribution in [0.4, 0.5) is 0 Å². The number of aliphatic hydroxyl groups is 2. The maximum absolute atomic E-state index is 10.2. The Morgan fingerprint density at radius 1 is 0.729 bits per heavy atom. The molecule has 2 aromatic heterocycles. The van der Waals surface area contributed by atoms with E-state index in [9.17, 15) is 19.8 Å². The summed E-state index contributed by atoms with van der Waals surface area (Å²) in [5.74, 6) is -2.51. The van der Waals surface area contributed by atoms with E-state index in [4.69, 9.17) is 20.7 Å². The number of rotatable bonds is 10. The SMILES string of the molecule is CC(C)(C)NC[C@@H](O)Cc1cccc2[nH]c(C#N)cc12.CC(C)(C)NC[C@@H](O)Cc1cccc2[nH]c(C#N)cc12.O=C(O)C=CC(=O)O. The molecule has 0 fully saturated rings. The second-order valence-electron chi connectivity index (χ2n) is 13.3. The first kappa shape index (κ1) is 39.2. The Morgan fingerprint density at radius 2 is 1.08 bits per heavy atom. The molecule has 12 nitrogen and oxygen atoms in total. The minimum Gasteiger partial charge on any atom is -0.478 e. The normalized spacial score (nSPS) is 12.7. The summed E-state index contributed by atoms with van der Waals surface area (Å²) in [6.07, 6.45) is 1.37. The highest BCUT2D eigenvalue weighted by Gasteiger charge is 2.16. The standard InChI is InChI=1S/2C16H21N3O.C4H4O4/c2*1-16(2,3)18-10-13(20)7-11-5-4-6-15-14(11)8-12(9-17)19-15;5-3(6)1-2-4(7)8/h2*4-6,8,13,18-20H,7,10H2,1-3H3;1-2H,(H,5,6)(H,7,8)/t2*13-;/m00./s1. The molecule has 2 heterocycles. The van der Waals surface area contributed by atoms with Crippen LogP contribution in [-0.4, -0.2) is 78.7 Å². The summed E-state index contributed by atoms with van der Waals surface area (Å²) in [5, 5.41) is 62.4. The average Bonchev–Trinajstić information content (AvgIpc) is 3.63. The van der Waals surface area contributed by atoms with E-state index in [0.29, 0.717) is 49.5 Å². The molecule has 4 aromatic rings. The first-order chi connectivity index (χ1) is 22.4. The predicted octanol–water partition coefficient (Wildman–Crippen LogP) is 4.37. The smallest absolute Gasteiger partial charge is 0.328 e. The van der Waals surface area contributed by atoms with Gasteiger partial charge in [-0.3, -0.25) is 0 Å². The van der Waals surface area contributed by atoms with Crippen LogP contribution in [0.1, 0.15) is 64.1 Å². The van der Waals surface area contributed by atoms with Gasteiger partial charge in [0, 0.05) is 71.0 Å². The van der Waals surface area contributed by atoms with Crippen molar-refractivity contribution in [3.8, 4) is 12.1 Å². The van der Waals surface area contributed by atoms with Gasteiger partial charge in [0.15, 0.2) is 0 Å². The first-order valence-corrected chi connectivity index (χ1v) is 15.4. The summed E-state index contributed by atoms with van der Waals surface area (Å²) in [6, 6.07) is 19.7. The van der Waals surface area contributed by atoms with Gasteiger partial charge in [0.25, 0.3) is 0 Å². The molecule has 256 valence electrons. The fraction of sp³-hybridized carbons (Fsp3) is 0.389. The molecule has 8 N–H and O–H groups in total. The number of nitriles is 2. The number of aromatic nitrogens is 2. The number of carboxylic acids is 2. The van der Waals surface area contributed by atoms with Gasteiger partial charge in [0.05, 0.1) is 12.2 Å². The number of fused-ring (bicyclic) bond motifs is 2. The third-order valence-corrected chi connectivity index (χ3v) is 6.77. The molecule has 2 atom stereocenters. The number of aliphatic hydroxyl groups excluding tert-OH is 2. The number of hydrogen-bond donors (Lipinski definition) is 8. The van der Waals surface area contributed by atoms with Crippen molar-refractivity contribution in [2.45, 2.75) is 77.7 Å². The molecule has 0 aliphatic carbocycles. The van der Waals surface area contributed by atoms with Gasteiger partial charge in [-0.05, 0) is 76.9 Å². The molecule has 4 rings (SSSR count). The fourth-order valence-electron chi connectivity index (χ4n) is 4.56. The minimum absolute atomic E-state index is 0.00491. The topological polar surface area (TPSA) is 218 Å². The van der Waals surface area contributed by atoms with Crippen LogP contribution in [0.2, 0.25) is 0 Å². The number of nitrogens with one attached hydrogen (secondary N) is 4. The number of carboxylic acid groups (broad SMARTS) is 2. The summed E-state index contributed by atoms with van der Waals surface area (Å²) >= 11 is 0. The number of benzene rings is 2. The average molecular weight is 659 g/mol. The molecule has 12 heteroatoms. The van der Waals surface area contributed by atoms with Gasteiger partial charge >= 0.3 is 11.9 Å². The summed E-state index contributed by atoms with van der Waals surface area (Å²) in [5.41, 5.74) is 5.09. The molecule has 48 heavy (non-hydrogen) atoms. The Morgan fingerprint density at radius 3 is 1.38 bits per heavy atom. The monoisotopic (exact) mass is 658 g/mol. The highest BCUT2D eigenvalue weighted by Crippen LogP contribution is 2.22. The molecule has 0 unspecified atom stereocenters. The highest BCUT2D eigenvalue weighted by atomic mass is 16.4. The molecule has 0 bridgehead atoms. The number of H-pyrrole nitrogens is 2. The lowest BCUT2D eigenvalue weighted by atomic mass is 10.0. The zero-order valence-corrected chi connectivity index (χ0v) is 28.3. The van der Waals surface area contributed by atoms with Gasteiger partial charge in [0.1, 0.15) is 23.5 Å². The zero-order chi connectivity index (χ0) is 36.1. The summed E-state index contributed by atoms with van der Waals surface area (Å²) in [7, 11) is 0. The van der Waals surface area contributed by atoms with Crippen LogP contribution in [0.25, 0.3) is 21.8 Å². The van der Waals surface area contributed by atoms with E-state index < -0.39 is 24.1 Å². The Bertz CT molecular complexity index is 1650.